The van der Waals surface area contributed by atoms with Gasteiger partial charge in [-0.2, -0.15) is 0 Å². The predicted octanol–water partition coefficient (Wildman–Crippen LogP) is 4.30. The molecule has 0 aromatic heterocycles. The Bertz CT molecular complexity index is 694. The first-order valence-corrected chi connectivity index (χ1v) is 8.45. The SMILES string of the molecule is Cc1cc(C)c(C)c(O[C@@H](C)C(=O)NC[C@H](C)c2ccccc2)c1. The Morgan fingerprint density at radius 3 is 2.42 bits per heavy atom. The minimum Gasteiger partial charge on any atom is -0.481 e. The van der Waals surface area contributed by atoms with Gasteiger partial charge in [-0.05, 0) is 61.9 Å². The molecule has 1 N–H and O–H groups in total. The number of amides is 1. The van der Waals surface area contributed by atoms with E-state index in [9.17, 15) is 4.79 Å². The van der Waals surface area contributed by atoms with Gasteiger partial charge in [0.05, 0.1) is 0 Å². The van der Waals surface area contributed by atoms with Crippen molar-refractivity contribution in [3.8, 4) is 5.75 Å². The molecule has 24 heavy (non-hydrogen) atoms. The van der Waals surface area contributed by atoms with Gasteiger partial charge in [0.25, 0.3) is 5.91 Å². The van der Waals surface area contributed by atoms with Crippen LogP contribution in [-0.4, -0.2) is 18.6 Å². The second-order valence-electron chi connectivity index (χ2n) is 6.52. The molecule has 0 heterocycles. The molecule has 0 radical (unpaired) electrons. The fraction of sp³-hybridized carbons (Fsp3) is 0.381. The monoisotopic (exact) mass is 325 g/mol. The molecule has 0 saturated carbocycles. The zero-order valence-electron chi connectivity index (χ0n) is 15.2. The van der Waals surface area contributed by atoms with Gasteiger partial charge in [-0.1, -0.05) is 43.3 Å². The number of rotatable bonds is 6. The minimum absolute atomic E-state index is 0.0867. The van der Waals surface area contributed by atoms with E-state index in [4.69, 9.17) is 4.74 Å². The van der Waals surface area contributed by atoms with Gasteiger partial charge >= 0.3 is 0 Å². The van der Waals surface area contributed by atoms with Gasteiger partial charge in [-0.3, -0.25) is 4.79 Å². The summed E-state index contributed by atoms with van der Waals surface area (Å²) in [6.07, 6.45) is -0.520. The molecule has 2 atom stereocenters. The van der Waals surface area contributed by atoms with Crippen LogP contribution in [0.1, 0.15) is 42.0 Å². The van der Waals surface area contributed by atoms with Gasteiger partial charge in [-0.25, -0.2) is 0 Å². The molecular weight excluding hydrogens is 298 g/mol. The highest BCUT2D eigenvalue weighted by Gasteiger charge is 2.17. The molecule has 128 valence electrons. The third-order valence-corrected chi connectivity index (χ3v) is 4.39. The highest BCUT2D eigenvalue weighted by atomic mass is 16.5. The van der Waals surface area contributed by atoms with Gasteiger partial charge in [-0.15, -0.1) is 0 Å². The Morgan fingerprint density at radius 1 is 1.08 bits per heavy atom. The average molecular weight is 325 g/mol. The van der Waals surface area contributed by atoms with Gasteiger partial charge in [0, 0.05) is 6.54 Å². The van der Waals surface area contributed by atoms with Crippen LogP contribution in [0.25, 0.3) is 0 Å². The van der Waals surface area contributed by atoms with Gasteiger partial charge in [0.15, 0.2) is 6.10 Å². The smallest absolute Gasteiger partial charge is 0.260 e. The summed E-state index contributed by atoms with van der Waals surface area (Å²) in [4.78, 5) is 12.3. The molecule has 0 aliphatic rings. The predicted molar refractivity (Wildman–Crippen MR) is 98.6 cm³/mol. The van der Waals surface area contributed by atoms with E-state index in [0.717, 1.165) is 16.9 Å². The van der Waals surface area contributed by atoms with Crippen molar-refractivity contribution in [1.29, 1.82) is 0 Å². The lowest BCUT2D eigenvalue weighted by Gasteiger charge is -2.19. The fourth-order valence-corrected chi connectivity index (χ4v) is 2.66. The number of carbonyl (C=O) groups excluding carboxylic acids is 1. The Morgan fingerprint density at radius 2 is 1.75 bits per heavy atom. The summed E-state index contributed by atoms with van der Waals surface area (Å²) in [6.45, 7) is 10.6. The summed E-state index contributed by atoms with van der Waals surface area (Å²) >= 11 is 0. The van der Waals surface area contributed by atoms with Crippen molar-refractivity contribution in [3.63, 3.8) is 0 Å². The molecule has 0 saturated heterocycles. The molecule has 0 unspecified atom stereocenters. The summed E-state index contributed by atoms with van der Waals surface area (Å²) in [5.74, 6) is 0.966. The van der Waals surface area contributed by atoms with E-state index in [2.05, 4.69) is 37.4 Å². The van der Waals surface area contributed by atoms with Crippen molar-refractivity contribution in [2.45, 2.75) is 46.6 Å². The van der Waals surface area contributed by atoms with E-state index in [1.54, 1.807) is 6.92 Å². The van der Waals surface area contributed by atoms with E-state index < -0.39 is 6.10 Å². The van der Waals surface area contributed by atoms with Crippen molar-refractivity contribution in [1.82, 2.24) is 5.32 Å². The Hall–Kier alpha value is -2.29. The lowest BCUT2D eigenvalue weighted by atomic mass is 10.0. The lowest BCUT2D eigenvalue weighted by molar-refractivity contribution is -0.127. The molecule has 2 aromatic rings. The molecule has 3 heteroatoms. The first kappa shape index (κ1) is 18.1. The zero-order valence-corrected chi connectivity index (χ0v) is 15.2. The second kappa shape index (κ2) is 8.00. The Balaban J connectivity index is 1.93. The van der Waals surface area contributed by atoms with Crippen LogP contribution in [0.5, 0.6) is 5.75 Å². The quantitative estimate of drug-likeness (QED) is 0.860. The summed E-state index contributed by atoms with van der Waals surface area (Å²) in [5, 5.41) is 2.99. The van der Waals surface area contributed by atoms with Crippen molar-refractivity contribution < 1.29 is 9.53 Å². The Kier molecular flexibility index (Phi) is 6.02. The number of hydrogen-bond donors (Lipinski definition) is 1. The molecule has 0 spiro atoms. The standard InChI is InChI=1S/C21H27NO2/c1-14-11-15(2)17(4)20(12-14)24-18(5)21(23)22-13-16(3)19-9-7-6-8-10-19/h6-12,16,18H,13H2,1-5H3,(H,22,23)/t16-,18-/m0/s1. The maximum absolute atomic E-state index is 12.3. The summed E-state index contributed by atoms with van der Waals surface area (Å²) < 4.78 is 5.89. The van der Waals surface area contributed by atoms with E-state index in [-0.39, 0.29) is 11.8 Å². The van der Waals surface area contributed by atoms with Gasteiger partial charge in [0.1, 0.15) is 5.75 Å². The van der Waals surface area contributed by atoms with E-state index in [1.807, 2.05) is 38.1 Å². The molecule has 3 nitrogen and oxygen atoms in total. The van der Waals surface area contributed by atoms with Crippen molar-refractivity contribution in [2.75, 3.05) is 6.54 Å². The topological polar surface area (TPSA) is 38.3 Å². The van der Waals surface area contributed by atoms with Crippen LogP contribution in [0, 0.1) is 20.8 Å². The third kappa shape index (κ3) is 4.60. The van der Waals surface area contributed by atoms with Crippen molar-refractivity contribution in [3.05, 3.63) is 64.7 Å². The molecule has 0 bridgehead atoms. The van der Waals surface area contributed by atoms with E-state index in [0.29, 0.717) is 6.54 Å². The lowest BCUT2D eigenvalue weighted by Crippen LogP contribution is -2.38. The molecule has 1 amide bonds. The summed E-state index contributed by atoms with van der Waals surface area (Å²) in [5.41, 5.74) is 4.61. The second-order valence-corrected chi connectivity index (χ2v) is 6.52. The highest BCUT2D eigenvalue weighted by molar-refractivity contribution is 5.80. The third-order valence-electron chi connectivity index (χ3n) is 4.39. The molecule has 0 aliphatic heterocycles. The molecule has 2 rings (SSSR count). The molecular formula is C21H27NO2. The summed E-state index contributed by atoms with van der Waals surface area (Å²) in [6, 6.07) is 14.3. The molecule has 0 aliphatic carbocycles. The Labute approximate surface area is 145 Å². The number of nitrogens with one attached hydrogen (secondary N) is 1. The maximum atomic E-state index is 12.3. The number of hydrogen-bond acceptors (Lipinski definition) is 2. The van der Waals surface area contributed by atoms with Crippen LogP contribution in [0.2, 0.25) is 0 Å². The first-order chi connectivity index (χ1) is 11.4. The maximum Gasteiger partial charge on any atom is 0.260 e. The summed E-state index contributed by atoms with van der Waals surface area (Å²) in [7, 11) is 0. The first-order valence-electron chi connectivity index (χ1n) is 8.45. The van der Waals surface area contributed by atoms with E-state index in [1.165, 1.54) is 11.1 Å². The van der Waals surface area contributed by atoms with Crippen LogP contribution in [0.4, 0.5) is 0 Å². The number of ether oxygens (including phenoxy) is 1. The normalized spacial score (nSPS) is 13.2. The molecule has 0 fully saturated rings. The van der Waals surface area contributed by atoms with Crippen LogP contribution in [0.3, 0.4) is 0 Å². The van der Waals surface area contributed by atoms with Crippen LogP contribution in [0.15, 0.2) is 42.5 Å². The van der Waals surface area contributed by atoms with Crippen LogP contribution >= 0.6 is 0 Å². The van der Waals surface area contributed by atoms with Gasteiger partial charge in [0.2, 0.25) is 0 Å². The fourth-order valence-electron chi connectivity index (χ4n) is 2.66. The van der Waals surface area contributed by atoms with Gasteiger partial charge < -0.3 is 10.1 Å². The van der Waals surface area contributed by atoms with Crippen LogP contribution in [-0.2, 0) is 4.79 Å². The van der Waals surface area contributed by atoms with Crippen molar-refractivity contribution >= 4 is 5.91 Å². The highest BCUT2D eigenvalue weighted by Crippen LogP contribution is 2.24. The number of aryl methyl sites for hydroxylation is 2. The minimum atomic E-state index is -0.520. The van der Waals surface area contributed by atoms with Crippen LogP contribution < -0.4 is 10.1 Å². The number of carbonyl (C=O) groups is 1. The molecule has 2 aromatic carbocycles. The van der Waals surface area contributed by atoms with Crippen molar-refractivity contribution in [2.24, 2.45) is 0 Å². The largest absolute Gasteiger partial charge is 0.481 e. The van der Waals surface area contributed by atoms with E-state index >= 15 is 0 Å². The number of benzene rings is 2. The average Bonchev–Trinajstić information content (AvgIpc) is 2.57. The zero-order chi connectivity index (χ0) is 17.7.